The predicted octanol–water partition coefficient (Wildman–Crippen LogP) is 4.50. The molecule has 1 aliphatic rings. The van der Waals surface area contributed by atoms with Gasteiger partial charge in [0.1, 0.15) is 0 Å². The van der Waals surface area contributed by atoms with Crippen molar-refractivity contribution < 1.29 is 34.6 Å². The van der Waals surface area contributed by atoms with Crippen LogP contribution in [-0.2, 0) is 12.8 Å². The van der Waals surface area contributed by atoms with Gasteiger partial charge >= 0.3 is 0 Å². The number of ether oxygens (including phenoxy) is 3. The van der Waals surface area contributed by atoms with E-state index in [0.717, 1.165) is 36.8 Å². The van der Waals surface area contributed by atoms with Crippen molar-refractivity contribution in [1.82, 2.24) is 0 Å². The zero-order valence-corrected chi connectivity index (χ0v) is 20.2. The van der Waals surface area contributed by atoms with Crippen LogP contribution in [0.5, 0.6) is 28.7 Å². The Hall–Kier alpha value is -2.64. The Morgan fingerprint density at radius 2 is 1.35 bits per heavy atom. The Bertz CT molecular complexity index is 883. The molecule has 0 heterocycles. The topological polar surface area (TPSA) is 109 Å². The normalized spacial score (nSPS) is 16.1. The fourth-order valence-electron chi connectivity index (χ4n) is 4.48. The van der Waals surface area contributed by atoms with E-state index in [1.165, 1.54) is 20.6 Å². The molecule has 1 fully saturated rings. The van der Waals surface area contributed by atoms with E-state index < -0.39 is 12.2 Å². The first-order chi connectivity index (χ1) is 16.4. The summed E-state index contributed by atoms with van der Waals surface area (Å²) in [4.78, 5) is 0. The van der Waals surface area contributed by atoms with E-state index in [0.29, 0.717) is 42.9 Å². The number of hydrogen-bond acceptors (Lipinski definition) is 7. The van der Waals surface area contributed by atoms with Gasteiger partial charge in [-0.1, -0.05) is 12.5 Å². The van der Waals surface area contributed by atoms with Crippen molar-refractivity contribution in [2.75, 3.05) is 14.2 Å². The molecule has 3 rings (SSSR count). The molecule has 2 aromatic carbocycles. The molecule has 0 bridgehead atoms. The molecular formula is C27H38O7. The van der Waals surface area contributed by atoms with Gasteiger partial charge in [0, 0.05) is 0 Å². The average molecular weight is 475 g/mol. The second kappa shape index (κ2) is 12.7. The van der Waals surface area contributed by atoms with Crippen LogP contribution >= 0.6 is 0 Å². The molecule has 2 atom stereocenters. The van der Waals surface area contributed by atoms with Crippen LogP contribution in [0.3, 0.4) is 0 Å². The first kappa shape index (κ1) is 26.0. The van der Waals surface area contributed by atoms with Crippen molar-refractivity contribution in [2.24, 2.45) is 0 Å². The highest BCUT2D eigenvalue weighted by Gasteiger charge is 2.18. The third-order valence-corrected chi connectivity index (χ3v) is 6.49. The molecule has 0 aliphatic heterocycles. The second-order valence-electron chi connectivity index (χ2n) is 9.15. The van der Waals surface area contributed by atoms with Gasteiger partial charge in [-0.3, -0.25) is 0 Å². The Morgan fingerprint density at radius 1 is 0.794 bits per heavy atom. The van der Waals surface area contributed by atoms with E-state index in [1.54, 1.807) is 18.2 Å². The first-order valence-corrected chi connectivity index (χ1v) is 12.2. The van der Waals surface area contributed by atoms with Gasteiger partial charge in [0.15, 0.2) is 23.0 Å². The van der Waals surface area contributed by atoms with Crippen LogP contribution in [-0.4, -0.2) is 53.0 Å². The quantitative estimate of drug-likeness (QED) is 0.359. The minimum atomic E-state index is -0.661. The number of benzene rings is 2. The number of aryl methyl sites for hydroxylation is 2. The third-order valence-electron chi connectivity index (χ3n) is 6.49. The molecule has 0 saturated heterocycles. The number of phenols is 2. The lowest BCUT2D eigenvalue weighted by Gasteiger charge is -2.23. The molecule has 4 N–H and O–H groups in total. The standard InChI is InChI=1S/C27H38O7/c1-32-25-15-19(16-26(33-2)27(25)31)9-12-21(29)17-20(28)11-8-18-10-13-23(30)24(14-18)34-22-6-4-3-5-7-22/h10,13-16,20-22,28-31H,3-9,11-12,17H2,1-2H3. The number of hydrogen-bond donors (Lipinski definition) is 4. The number of phenolic OH excluding ortho intramolecular Hbond substituents is 2. The number of methoxy groups -OCH3 is 2. The van der Waals surface area contributed by atoms with Gasteiger partial charge in [-0.15, -0.1) is 0 Å². The highest BCUT2D eigenvalue weighted by molar-refractivity contribution is 5.52. The van der Waals surface area contributed by atoms with Gasteiger partial charge in [0.2, 0.25) is 5.75 Å². The molecular weight excluding hydrogens is 436 g/mol. The zero-order chi connectivity index (χ0) is 24.5. The summed E-state index contributed by atoms with van der Waals surface area (Å²) < 4.78 is 16.4. The summed E-state index contributed by atoms with van der Waals surface area (Å²) in [6, 6.07) is 8.79. The first-order valence-electron chi connectivity index (χ1n) is 12.2. The minimum absolute atomic E-state index is 0.0498. The van der Waals surface area contributed by atoms with Crippen LogP contribution < -0.4 is 14.2 Å². The molecule has 0 aromatic heterocycles. The molecule has 0 spiro atoms. The second-order valence-corrected chi connectivity index (χ2v) is 9.15. The van der Waals surface area contributed by atoms with Crippen LogP contribution in [0.4, 0.5) is 0 Å². The Kier molecular flexibility index (Phi) is 9.72. The van der Waals surface area contributed by atoms with E-state index in [-0.39, 0.29) is 24.0 Å². The fraction of sp³-hybridized carbons (Fsp3) is 0.556. The molecule has 2 aromatic rings. The van der Waals surface area contributed by atoms with Gasteiger partial charge in [0.05, 0.1) is 32.5 Å². The molecule has 7 heteroatoms. The van der Waals surface area contributed by atoms with Crippen LogP contribution in [0.25, 0.3) is 0 Å². The Balaban J connectivity index is 1.46. The largest absolute Gasteiger partial charge is 0.504 e. The molecule has 2 unspecified atom stereocenters. The van der Waals surface area contributed by atoms with E-state index in [4.69, 9.17) is 14.2 Å². The lowest BCUT2D eigenvalue weighted by molar-refractivity contribution is 0.0713. The van der Waals surface area contributed by atoms with Crippen LogP contribution in [0, 0.1) is 0 Å². The summed E-state index contributed by atoms with van der Waals surface area (Å²) in [5.41, 5.74) is 1.86. The molecule has 34 heavy (non-hydrogen) atoms. The van der Waals surface area contributed by atoms with Crippen molar-refractivity contribution in [3.63, 3.8) is 0 Å². The van der Waals surface area contributed by atoms with Crippen molar-refractivity contribution in [2.45, 2.75) is 82.5 Å². The minimum Gasteiger partial charge on any atom is -0.504 e. The van der Waals surface area contributed by atoms with E-state index >= 15 is 0 Å². The van der Waals surface area contributed by atoms with Crippen LogP contribution in [0.2, 0.25) is 0 Å². The number of aliphatic hydroxyl groups excluding tert-OH is 2. The van der Waals surface area contributed by atoms with Crippen molar-refractivity contribution >= 4 is 0 Å². The molecule has 7 nitrogen and oxygen atoms in total. The zero-order valence-electron chi connectivity index (χ0n) is 20.2. The van der Waals surface area contributed by atoms with Crippen molar-refractivity contribution in [1.29, 1.82) is 0 Å². The Morgan fingerprint density at radius 3 is 1.94 bits per heavy atom. The summed E-state index contributed by atoms with van der Waals surface area (Å²) in [6.07, 6.45) is 6.88. The molecule has 1 saturated carbocycles. The summed E-state index contributed by atoms with van der Waals surface area (Å²) in [6.45, 7) is 0. The van der Waals surface area contributed by atoms with Crippen LogP contribution in [0.15, 0.2) is 30.3 Å². The van der Waals surface area contributed by atoms with Gasteiger partial charge in [-0.05, 0) is 93.2 Å². The lowest BCUT2D eigenvalue weighted by atomic mass is 9.97. The molecule has 188 valence electrons. The molecule has 0 radical (unpaired) electrons. The van der Waals surface area contributed by atoms with Gasteiger partial charge in [0.25, 0.3) is 0 Å². The molecule has 0 amide bonds. The van der Waals surface area contributed by atoms with Gasteiger partial charge in [-0.25, -0.2) is 0 Å². The summed E-state index contributed by atoms with van der Waals surface area (Å²) in [5, 5.41) is 41.1. The summed E-state index contributed by atoms with van der Waals surface area (Å²) >= 11 is 0. The number of aromatic hydroxyl groups is 2. The fourth-order valence-corrected chi connectivity index (χ4v) is 4.48. The van der Waals surface area contributed by atoms with Crippen molar-refractivity contribution in [3.05, 3.63) is 41.5 Å². The number of aliphatic hydroxyl groups is 2. The average Bonchev–Trinajstić information content (AvgIpc) is 2.84. The SMILES string of the molecule is COc1cc(CCC(O)CC(O)CCc2ccc(O)c(OC3CCCCC3)c2)cc(OC)c1O. The lowest BCUT2D eigenvalue weighted by Crippen LogP contribution is -2.20. The predicted molar refractivity (Wildman–Crippen MR) is 130 cm³/mol. The van der Waals surface area contributed by atoms with Gasteiger partial charge in [-0.2, -0.15) is 0 Å². The maximum Gasteiger partial charge on any atom is 0.200 e. The smallest absolute Gasteiger partial charge is 0.200 e. The highest BCUT2D eigenvalue weighted by atomic mass is 16.5. The van der Waals surface area contributed by atoms with E-state index in [1.807, 2.05) is 12.1 Å². The van der Waals surface area contributed by atoms with E-state index in [2.05, 4.69) is 0 Å². The Labute approximate surface area is 201 Å². The van der Waals surface area contributed by atoms with Crippen molar-refractivity contribution in [3.8, 4) is 28.7 Å². The number of rotatable bonds is 12. The van der Waals surface area contributed by atoms with Gasteiger partial charge < -0.3 is 34.6 Å². The maximum absolute atomic E-state index is 10.5. The van der Waals surface area contributed by atoms with E-state index in [9.17, 15) is 20.4 Å². The van der Waals surface area contributed by atoms with Crippen LogP contribution in [0.1, 0.15) is 62.5 Å². The summed E-state index contributed by atoms with van der Waals surface area (Å²) in [7, 11) is 2.95. The summed E-state index contributed by atoms with van der Waals surface area (Å²) in [5.74, 6) is 1.26. The monoisotopic (exact) mass is 474 g/mol. The third kappa shape index (κ3) is 7.43. The highest BCUT2D eigenvalue weighted by Crippen LogP contribution is 2.37. The molecule has 1 aliphatic carbocycles. The maximum atomic E-state index is 10.5.